The number of aliphatic hydroxyl groups excluding tert-OH is 1. The summed E-state index contributed by atoms with van der Waals surface area (Å²) < 4.78 is 63.8. The van der Waals surface area contributed by atoms with Gasteiger partial charge in [-0.1, -0.05) is 20.4 Å². The van der Waals surface area contributed by atoms with E-state index in [1.807, 2.05) is 0 Å². The number of halogens is 4. The number of aliphatic hydroxyl groups is 2. The Morgan fingerprint density at radius 2 is 1.79 bits per heavy atom. The van der Waals surface area contributed by atoms with Gasteiger partial charge in [0.1, 0.15) is 17.3 Å². The van der Waals surface area contributed by atoms with E-state index >= 15 is 0 Å². The standard InChI is InChI=1S/C34H33F4N5O5/c1-18-11-21-12-22(13-25(27(21)40-15-18)42-31(46)39-10-9-19(2)44)30(45)41-16-33(47,34(36,37)38)26-14-24-29(48-17-32(24,3)4)28(43-26)20-5-7-23(35)8-6-20/h5-8,11-15,44,47H,2,9-10,16-17H2,1,3-4H3,(H,41,45)(H2,39,42,46)/t33-/m0/s1. The largest absolute Gasteiger partial charge is 0.513 e. The zero-order chi connectivity index (χ0) is 35.0. The van der Waals surface area contributed by atoms with E-state index in [1.165, 1.54) is 24.3 Å². The third-order valence-corrected chi connectivity index (χ3v) is 7.92. The molecule has 4 aromatic rings. The van der Waals surface area contributed by atoms with Crippen LogP contribution in [0, 0.1) is 12.7 Å². The molecule has 5 N–H and O–H groups in total. The minimum atomic E-state index is -5.31. The van der Waals surface area contributed by atoms with Crippen LogP contribution in [0.15, 0.2) is 67.1 Å². The molecule has 0 radical (unpaired) electrons. The van der Waals surface area contributed by atoms with Crippen molar-refractivity contribution in [2.24, 2.45) is 0 Å². The molecule has 1 aliphatic heterocycles. The van der Waals surface area contributed by atoms with Crippen LogP contribution in [-0.4, -0.2) is 58.0 Å². The Balaban J connectivity index is 1.49. The molecule has 1 atom stereocenters. The van der Waals surface area contributed by atoms with E-state index in [4.69, 9.17) is 4.74 Å². The summed E-state index contributed by atoms with van der Waals surface area (Å²) in [5.41, 5.74) is -3.58. The molecule has 3 amide bonds. The number of nitrogens with zero attached hydrogens (tertiary/aromatic N) is 2. The monoisotopic (exact) mass is 667 g/mol. The number of pyridine rings is 2. The van der Waals surface area contributed by atoms with Crippen molar-refractivity contribution in [3.05, 3.63) is 95.3 Å². The molecule has 0 spiro atoms. The Morgan fingerprint density at radius 1 is 1.08 bits per heavy atom. The number of carbonyl (C=O) groups is 2. The van der Waals surface area contributed by atoms with Crippen LogP contribution in [0.1, 0.15) is 47.4 Å². The number of nitrogens with one attached hydrogen (secondary N) is 3. The van der Waals surface area contributed by atoms with Gasteiger partial charge in [0.25, 0.3) is 5.91 Å². The van der Waals surface area contributed by atoms with Gasteiger partial charge in [0.2, 0.25) is 5.60 Å². The van der Waals surface area contributed by atoms with Crippen LogP contribution in [0.25, 0.3) is 22.2 Å². The number of hydrogen-bond acceptors (Lipinski definition) is 7. The number of carbonyl (C=O) groups excluding carboxylic acids is 2. The van der Waals surface area contributed by atoms with Crippen molar-refractivity contribution in [2.45, 2.75) is 44.4 Å². The van der Waals surface area contributed by atoms with Crippen LogP contribution in [0.2, 0.25) is 0 Å². The van der Waals surface area contributed by atoms with Crippen molar-refractivity contribution in [1.82, 2.24) is 20.6 Å². The van der Waals surface area contributed by atoms with Crippen LogP contribution >= 0.6 is 0 Å². The number of aromatic nitrogens is 2. The lowest BCUT2D eigenvalue weighted by molar-refractivity contribution is -0.265. The van der Waals surface area contributed by atoms with Gasteiger partial charge in [-0.15, -0.1) is 0 Å². The van der Waals surface area contributed by atoms with Crippen LogP contribution in [0.4, 0.5) is 28.0 Å². The lowest BCUT2D eigenvalue weighted by atomic mass is 9.84. The molecule has 0 unspecified atom stereocenters. The molecule has 252 valence electrons. The summed E-state index contributed by atoms with van der Waals surface area (Å²) in [5, 5.41) is 28.3. The smallest absolute Gasteiger partial charge is 0.424 e. The highest BCUT2D eigenvalue weighted by Crippen LogP contribution is 2.47. The molecule has 0 saturated heterocycles. The number of fused-ring (bicyclic) bond motifs is 2. The van der Waals surface area contributed by atoms with Crippen molar-refractivity contribution in [1.29, 1.82) is 0 Å². The first kappa shape index (κ1) is 34.1. The van der Waals surface area contributed by atoms with Gasteiger partial charge in [-0.2, -0.15) is 13.2 Å². The first-order valence-corrected chi connectivity index (χ1v) is 14.8. The third-order valence-electron chi connectivity index (χ3n) is 7.92. The van der Waals surface area contributed by atoms with Gasteiger partial charge in [-0.3, -0.25) is 9.78 Å². The van der Waals surface area contributed by atoms with Gasteiger partial charge < -0.3 is 30.9 Å². The molecule has 3 heterocycles. The summed E-state index contributed by atoms with van der Waals surface area (Å²) in [5.74, 6) is -1.46. The Hall–Kier alpha value is -5.24. The summed E-state index contributed by atoms with van der Waals surface area (Å²) in [6.07, 6.45) is -3.66. The maximum absolute atomic E-state index is 14.8. The molecule has 0 fully saturated rings. The fourth-order valence-electron chi connectivity index (χ4n) is 5.25. The van der Waals surface area contributed by atoms with Gasteiger partial charge in [-0.05, 0) is 61.0 Å². The zero-order valence-corrected chi connectivity index (χ0v) is 26.3. The average molecular weight is 668 g/mol. The number of amides is 3. The minimum Gasteiger partial charge on any atom is -0.513 e. The quantitative estimate of drug-likeness (QED) is 0.106. The number of urea groups is 1. The summed E-state index contributed by atoms with van der Waals surface area (Å²) >= 11 is 0. The lowest BCUT2D eigenvalue weighted by Gasteiger charge is -2.31. The van der Waals surface area contributed by atoms with Crippen LogP contribution < -0.4 is 20.7 Å². The van der Waals surface area contributed by atoms with Crippen molar-refractivity contribution in [2.75, 3.05) is 25.0 Å². The molecular formula is C34H33F4N5O5. The van der Waals surface area contributed by atoms with Gasteiger partial charge in [0.05, 0.1) is 35.8 Å². The SMILES string of the molecule is C=C(O)CCNC(=O)Nc1cc(C(=O)NC[C@](O)(c2cc3c(c(-c4ccc(F)cc4)n2)OCC3(C)C)C(F)(F)F)cc2cc(C)cnc12. The molecule has 0 saturated carbocycles. The summed E-state index contributed by atoms with van der Waals surface area (Å²) in [6, 6.07) is 9.71. The van der Waals surface area contributed by atoms with Gasteiger partial charge >= 0.3 is 12.2 Å². The van der Waals surface area contributed by atoms with Crippen molar-refractivity contribution in [3.63, 3.8) is 0 Å². The van der Waals surface area contributed by atoms with E-state index in [1.54, 1.807) is 33.0 Å². The highest BCUT2D eigenvalue weighted by molar-refractivity contribution is 6.05. The Kier molecular flexibility index (Phi) is 9.06. The first-order valence-electron chi connectivity index (χ1n) is 14.8. The molecule has 2 aromatic heterocycles. The number of aryl methyl sites for hydroxylation is 1. The van der Waals surface area contributed by atoms with Crippen molar-refractivity contribution in [3.8, 4) is 17.0 Å². The van der Waals surface area contributed by atoms with Crippen LogP contribution in [0.3, 0.4) is 0 Å². The van der Waals surface area contributed by atoms with E-state index in [0.29, 0.717) is 16.5 Å². The number of rotatable bonds is 9. The second-order valence-corrected chi connectivity index (χ2v) is 12.3. The van der Waals surface area contributed by atoms with Crippen molar-refractivity contribution < 1.29 is 42.1 Å². The number of anilines is 1. The molecule has 10 nitrogen and oxygen atoms in total. The highest BCUT2D eigenvalue weighted by atomic mass is 19.4. The van der Waals surface area contributed by atoms with E-state index in [0.717, 1.165) is 23.8 Å². The maximum atomic E-state index is 14.8. The van der Waals surface area contributed by atoms with Crippen molar-refractivity contribution >= 4 is 28.5 Å². The van der Waals surface area contributed by atoms with E-state index < -0.39 is 47.2 Å². The first-order chi connectivity index (χ1) is 22.5. The zero-order valence-electron chi connectivity index (χ0n) is 26.3. The fourth-order valence-corrected chi connectivity index (χ4v) is 5.25. The third kappa shape index (κ3) is 6.88. The van der Waals surface area contributed by atoms with Crippen LogP contribution in [-0.2, 0) is 11.0 Å². The van der Waals surface area contributed by atoms with E-state index in [9.17, 15) is 37.4 Å². The number of ether oxygens (including phenoxy) is 1. The van der Waals surface area contributed by atoms with E-state index in [2.05, 4.69) is 32.5 Å². The summed E-state index contributed by atoms with van der Waals surface area (Å²) in [6.45, 7) is 7.49. The Labute approximate surface area is 272 Å². The molecule has 1 aliphatic rings. The number of alkyl halides is 3. The predicted molar refractivity (Wildman–Crippen MR) is 170 cm³/mol. The molecule has 14 heteroatoms. The highest BCUT2D eigenvalue weighted by Gasteiger charge is 2.57. The fraction of sp³-hybridized carbons (Fsp3) is 0.294. The normalized spacial score (nSPS) is 14.8. The topological polar surface area (TPSA) is 146 Å². The summed E-state index contributed by atoms with van der Waals surface area (Å²) in [7, 11) is 0. The minimum absolute atomic E-state index is 0.0169. The van der Waals surface area contributed by atoms with E-state index in [-0.39, 0.29) is 53.6 Å². The number of benzene rings is 2. The second kappa shape index (κ2) is 12.8. The maximum Gasteiger partial charge on any atom is 0.424 e. The van der Waals surface area contributed by atoms with Gasteiger partial charge in [-0.25, -0.2) is 14.2 Å². The molecule has 0 aliphatic carbocycles. The molecule has 2 aromatic carbocycles. The molecule has 5 rings (SSSR count). The lowest BCUT2D eigenvalue weighted by Crippen LogP contribution is -2.51. The molecule has 48 heavy (non-hydrogen) atoms. The molecule has 0 bridgehead atoms. The predicted octanol–water partition coefficient (Wildman–Crippen LogP) is 6.18. The van der Waals surface area contributed by atoms with Crippen LogP contribution in [0.5, 0.6) is 5.75 Å². The Bertz CT molecular complexity index is 1910. The molecular weight excluding hydrogens is 634 g/mol. The second-order valence-electron chi connectivity index (χ2n) is 12.3. The Morgan fingerprint density at radius 3 is 2.46 bits per heavy atom. The van der Waals surface area contributed by atoms with Gasteiger partial charge in [0, 0.05) is 46.7 Å². The number of hydrogen-bond donors (Lipinski definition) is 5. The van der Waals surface area contributed by atoms with Gasteiger partial charge in [0.15, 0.2) is 0 Å². The summed E-state index contributed by atoms with van der Waals surface area (Å²) in [4.78, 5) is 34.5. The average Bonchev–Trinajstić information content (AvgIpc) is 3.32.